The van der Waals surface area contributed by atoms with Gasteiger partial charge in [-0.15, -0.1) is 0 Å². The zero-order valence-corrected chi connectivity index (χ0v) is 7.75. The molecule has 0 N–H and O–H groups in total. The van der Waals surface area contributed by atoms with Crippen molar-refractivity contribution in [3.05, 3.63) is 0 Å². The first-order chi connectivity index (χ1) is 5.36. The number of hydrogen-bond acceptors (Lipinski definition) is 3. The molecule has 2 amide bonds. The van der Waals surface area contributed by atoms with Crippen LogP contribution in [-0.2, 0) is 9.53 Å². The molecule has 0 radical (unpaired) electrons. The number of imide groups is 1. The number of ether oxygens (including phenoxy) is 1. The maximum atomic E-state index is 11.5. The van der Waals surface area contributed by atoms with Crippen LogP contribution in [0.3, 0.4) is 0 Å². The molecular formula is C8H13NO3. The normalized spacial score (nSPS) is 21.9. The Bertz CT molecular complexity index is 232. The minimum absolute atomic E-state index is 0.133. The van der Waals surface area contributed by atoms with Gasteiger partial charge in [0, 0.05) is 6.04 Å². The molecule has 1 aliphatic rings. The zero-order chi connectivity index (χ0) is 9.52. The van der Waals surface area contributed by atoms with Crippen molar-refractivity contribution in [3.8, 4) is 0 Å². The summed E-state index contributed by atoms with van der Waals surface area (Å²) in [6, 6.07) is -0.133. The van der Waals surface area contributed by atoms with Gasteiger partial charge in [-0.05, 0) is 27.7 Å². The molecule has 1 aliphatic heterocycles. The van der Waals surface area contributed by atoms with Gasteiger partial charge in [0.1, 0.15) is 0 Å². The average Bonchev–Trinajstić information content (AvgIpc) is 2.02. The van der Waals surface area contributed by atoms with Crippen molar-refractivity contribution in [2.75, 3.05) is 0 Å². The summed E-state index contributed by atoms with van der Waals surface area (Å²) in [5, 5.41) is 0. The van der Waals surface area contributed by atoms with Gasteiger partial charge in [-0.1, -0.05) is 0 Å². The Hall–Kier alpha value is -1.06. The molecule has 0 unspecified atom stereocenters. The van der Waals surface area contributed by atoms with E-state index in [9.17, 15) is 9.59 Å². The SMILES string of the molecule is CC(C)N1C(=O)OC(C)(C)C1=O. The topological polar surface area (TPSA) is 46.6 Å². The van der Waals surface area contributed by atoms with E-state index >= 15 is 0 Å². The van der Waals surface area contributed by atoms with E-state index < -0.39 is 11.7 Å². The Labute approximate surface area is 71.5 Å². The van der Waals surface area contributed by atoms with Gasteiger partial charge in [0.15, 0.2) is 5.60 Å². The highest BCUT2D eigenvalue weighted by Crippen LogP contribution is 2.24. The van der Waals surface area contributed by atoms with Gasteiger partial charge in [-0.3, -0.25) is 4.79 Å². The highest BCUT2D eigenvalue weighted by molar-refractivity contribution is 6.02. The van der Waals surface area contributed by atoms with E-state index in [-0.39, 0.29) is 11.9 Å². The number of carbonyl (C=O) groups excluding carboxylic acids is 2. The first-order valence-corrected chi connectivity index (χ1v) is 3.93. The second-order valence-corrected chi connectivity index (χ2v) is 3.65. The summed E-state index contributed by atoms with van der Waals surface area (Å²) >= 11 is 0. The molecule has 0 spiro atoms. The van der Waals surface area contributed by atoms with Crippen LogP contribution in [-0.4, -0.2) is 28.5 Å². The molecule has 0 aromatic heterocycles. The lowest BCUT2D eigenvalue weighted by Gasteiger charge is -2.16. The summed E-state index contributed by atoms with van der Waals surface area (Å²) in [6.07, 6.45) is -0.542. The molecule has 12 heavy (non-hydrogen) atoms. The largest absolute Gasteiger partial charge is 0.433 e. The fourth-order valence-electron chi connectivity index (χ4n) is 1.13. The number of cyclic esters (lactones) is 1. The molecule has 4 heteroatoms. The van der Waals surface area contributed by atoms with Crippen molar-refractivity contribution in [1.82, 2.24) is 4.90 Å². The van der Waals surface area contributed by atoms with Crippen LogP contribution in [0.1, 0.15) is 27.7 Å². The van der Waals surface area contributed by atoms with Gasteiger partial charge in [0.25, 0.3) is 5.91 Å². The van der Waals surface area contributed by atoms with Crippen LogP contribution in [0.5, 0.6) is 0 Å². The fourth-order valence-corrected chi connectivity index (χ4v) is 1.13. The standard InChI is InChI=1S/C8H13NO3/c1-5(2)9-6(10)8(3,4)12-7(9)11/h5H,1-4H3. The minimum atomic E-state index is -0.985. The molecule has 1 heterocycles. The second kappa shape index (κ2) is 2.47. The van der Waals surface area contributed by atoms with E-state index in [1.165, 1.54) is 0 Å². The van der Waals surface area contributed by atoms with Crippen molar-refractivity contribution in [3.63, 3.8) is 0 Å². The molecule has 4 nitrogen and oxygen atoms in total. The molecule has 0 saturated carbocycles. The van der Waals surface area contributed by atoms with E-state index in [4.69, 9.17) is 4.74 Å². The van der Waals surface area contributed by atoms with Crippen molar-refractivity contribution in [2.45, 2.75) is 39.3 Å². The van der Waals surface area contributed by atoms with Gasteiger partial charge in [0.05, 0.1) is 0 Å². The van der Waals surface area contributed by atoms with Crippen LogP contribution >= 0.6 is 0 Å². The van der Waals surface area contributed by atoms with Crippen molar-refractivity contribution in [2.24, 2.45) is 0 Å². The van der Waals surface area contributed by atoms with E-state index in [2.05, 4.69) is 0 Å². The Kier molecular flexibility index (Phi) is 1.86. The number of hydrogen-bond donors (Lipinski definition) is 0. The lowest BCUT2D eigenvalue weighted by Crippen LogP contribution is -2.40. The van der Waals surface area contributed by atoms with Gasteiger partial charge in [0.2, 0.25) is 0 Å². The Morgan fingerprint density at radius 3 is 2.00 bits per heavy atom. The number of nitrogens with zero attached hydrogens (tertiary/aromatic N) is 1. The zero-order valence-electron chi connectivity index (χ0n) is 7.75. The highest BCUT2D eigenvalue weighted by atomic mass is 16.6. The first-order valence-electron chi connectivity index (χ1n) is 3.93. The third-order valence-electron chi connectivity index (χ3n) is 1.79. The lowest BCUT2D eigenvalue weighted by molar-refractivity contribution is -0.135. The Morgan fingerprint density at radius 1 is 1.33 bits per heavy atom. The van der Waals surface area contributed by atoms with Gasteiger partial charge >= 0.3 is 6.09 Å². The molecule has 0 bridgehead atoms. The van der Waals surface area contributed by atoms with Crippen LogP contribution in [0.25, 0.3) is 0 Å². The fraction of sp³-hybridized carbons (Fsp3) is 0.750. The van der Waals surface area contributed by atoms with Gasteiger partial charge in [-0.25, -0.2) is 9.69 Å². The maximum absolute atomic E-state index is 11.5. The lowest BCUT2D eigenvalue weighted by atomic mass is 10.1. The monoisotopic (exact) mass is 171 g/mol. The van der Waals surface area contributed by atoms with E-state index in [0.29, 0.717) is 0 Å². The van der Waals surface area contributed by atoms with Crippen molar-refractivity contribution >= 4 is 12.0 Å². The molecule has 0 aromatic rings. The van der Waals surface area contributed by atoms with E-state index in [0.717, 1.165) is 4.90 Å². The summed E-state index contributed by atoms with van der Waals surface area (Å²) in [5.41, 5.74) is -0.985. The second-order valence-electron chi connectivity index (χ2n) is 3.65. The van der Waals surface area contributed by atoms with Gasteiger partial charge in [-0.2, -0.15) is 0 Å². The van der Waals surface area contributed by atoms with Crippen molar-refractivity contribution in [1.29, 1.82) is 0 Å². The van der Waals surface area contributed by atoms with Crippen LogP contribution in [0.2, 0.25) is 0 Å². The summed E-state index contributed by atoms with van der Waals surface area (Å²) in [7, 11) is 0. The van der Waals surface area contributed by atoms with Crippen LogP contribution in [0.15, 0.2) is 0 Å². The molecular weight excluding hydrogens is 158 g/mol. The third kappa shape index (κ3) is 1.17. The maximum Gasteiger partial charge on any atom is 0.417 e. The predicted molar refractivity (Wildman–Crippen MR) is 42.5 cm³/mol. The third-order valence-corrected chi connectivity index (χ3v) is 1.79. The minimum Gasteiger partial charge on any atom is -0.433 e. The summed E-state index contributed by atoms with van der Waals surface area (Å²) < 4.78 is 4.87. The van der Waals surface area contributed by atoms with Crippen molar-refractivity contribution < 1.29 is 14.3 Å². The molecule has 68 valence electrons. The van der Waals surface area contributed by atoms with Crippen LogP contribution < -0.4 is 0 Å². The summed E-state index contributed by atoms with van der Waals surface area (Å²) in [4.78, 5) is 23.7. The first kappa shape index (κ1) is 9.03. The highest BCUT2D eigenvalue weighted by Gasteiger charge is 2.47. The van der Waals surface area contributed by atoms with Gasteiger partial charge < -0.3 is 4.74 Å². The summed E-state index contributed by atoms with van der Waals surface area (Å²) in [5.74, 6) is -0.262. The average molecular weight is 171 g/mol. The number of amides is 2. The molecule has 1 fully saturated rings. The van der Waals surface area contributed by atoms with E-state index in [1.807, 2.05) is 0 Å². The molecule has 0 aliphatic carbocycles. The molecule has 0 atom stereocenters. The molecule has 1 rings (SSSR count). The van der Waals surface area contributed by atoms with E-state index in [1.54, 1.807) is 27.7 Å². The number of rotatable bonds is 1. The quantitative estimate of drug-likeness (QED) is 0.594. The van der Waals surface area contributed by atoms with Crippen LogP contribution in [0.4, 0.5) is 4.79 Å². The number of carbonyl (C=O) groups is 2. The Balaban J connectivity index is 2.93. The molecule has 0 aromatic carbocycles. The predicted octanol–water partition coefficient (Wildman–Crippen LogP) is 1.15. The summed E-state index contributed by atoms with van der Waals surface area (Å²) in [6.45, 7) is 6.74. The smallest absolute Gasteiger partial charge is 0.417 e. The van der Waals surface area contributed by atoms with Crippen LogP contribution in [0, 0.1) is 0 Å². The Morgan fingerprint density at radius 2 is 1.83 bits per heavy atom. The molecule has 1 saturated heterocycles.